The van der Waals surface area contributed by atoms with Crippen LogP contribution in [0.5, 0.6) is 0 Å². The molecule has 2 aliphatic rings. The third-order valence-corrected chi connectivity index (χ3v) is 12.6. The number of hydrogen-bond donors (Lipinski definition) is 7. The van der Waals surface area contributed by atoms with Crippen molar-refractivity contribution in [3.05, 3.63) is 36.5 Å². The first-order chi connectivity index (χ1) is 33.0. The molecule has 0 aromatic heterocycles. The Morgan fingerprint density at radius 1 is 0.471 bits per heavy atom. The topological polar surface area (TPSA) is 231 Å². The highest BCUT2D eigenvalue weighted by Gasteiger charge is 2.47. The van der Waals surface area contributed by atoms with Crippen molar-refractivity contribution in [3.8, 4) is 0 Å². The van der Waals surface area contributed by atoms with Gasteiger partial charge in [0, 0.05) is 12.8 Å². The number of hydrogen-bond acceptors (Lipinski definition) is 15. The number of carbonyl (C=O) groups is 2. The summed E-state index contributed by atoms with van der Waals surface area (Å²) >= 11 is 0. The molecular weight excluding hydrogens is 877 g/mol. The molecule has 15 heteroatoms. The van der Waals surface area contributed by atoms with Crippen LogP contribution in [0.15, 0.2) is 36.5 Å². The van der Waals surface area contributed by atoms with Crippen LogP contribution in [-0.2, 0) is 38.0 Å². The second kappa shape index (κ2) is 40.3. The molecule has 15 nitrogen and oxygen atoms in total. The van der Waals surface area contributed by atoms with Crippen LogP contribution in [0.2, 0.25) is 0 Å². The van der Waals surface area contributed by atoms with Crippen LogP contribution >= 0.6 is 0 Å². The minimum Gasteiger partial charge on any atom is -0.462 e. The van der Waals surface area contributed by atoms with Gasteiger partial charge in [0.05, 0.1) is 19.8 Å². The average molecular weight is 971 g/mol. The lowest BCUT2D eigenvalue weighted by Crippen LogP contribution is -2.61. The van der Waals surface area contributed by atoms with Crippen LogP contribution in [0.1, 0.15) is 194 Å². The van der Waals surface area contributed by atoms with Crippen molar-refractivity contribution in [2.45, 2.75) is 261 Å². The molecule has 0 amide bonds. The zero-order valence-electron chi connectivity index (χ0n) is 41.8. The van der Waals surface area contributed by atoms with Gasteiger partial charge in [-0.2, -0.15) is 0 Å². The Labute approximate surface area is 408 Å². The predicted molar refractivity (Wildman–Crippen MR) is 261 cm³/mol. The number of ether oxygens (including phenoxy) is 6. The van der Waals surface area contributed by atoms with E-state index >= 15 is 0 Å². The maximum atomic E-state index is 13.0. The molecule has 2 saturated heterocycles. The summed E-state index contributed by atoms with van der Waals surface area (Å²) in [7, 11) is 0. The molecule has 0 bridgehead atoms. The lowest BCUT2D eigenvalue weighted by Gasteiger charge is -2.42. The van der Waals surface area contributed by atoms with Gasteiger partial charge in [-0.3, -0.25) is 9.59 Å². The summed E-state index contributed by atoms with van der Waals surface area (Å²) in [6, 6.07) is 0. The van der Waals surface area contributed by atoms with Gasteiger partial charge in [0.25, 0.3) is 0 Å². The van der Waals surface area contributed by atoms with Crippen LogP contribution in [0.3, 0.4) is 0 Å². The first-order valence-electron chi connectivity index (χ1n) is 26.6. The van der Waals surface area contributed by atoms with Crippen LogP contribution in [-0.4, -0.2) is 142 Å². The van der Waals surface area contributed by atoms with E-state index in [-0.39, 0.29) is 26.1 Å². The van der Waals surface area contributed by atoms with Crippen LogP contribution < -0.4 is 0 Å². The van der Waals surface area contributed by atoms with Gasteiger partial charge < -0.3 is 64.2 Å². The molecule has 0 aromatic rings. The highest BCUT2D eigenvalue weighted by atomic mass is 16.7. The highest BCUT2D eigenvalue weighted by molar-refractivity contribution is 5.70. The molecule has 396 valence electrons. The Balaban J connectivity index is 1.80. The average Bonchev–Trinajstić information content (AvgIpc) is 3.33. The first-order valence-corrected chi connectivity index (χ1v) is 26.6. The molecule has 2 rings (SSSR count). The van der Waals surface area contributed by atoms with E-state index in [9.17, 15) is 45.3 Å². The van der Waals surface area contributed by atoms with Gasteiger partial charge in [-0.15, -0.1) is 0 Å². The summed E-state index contributed by atoms with van der Waals surface area (Å²) in [6.45, 7) is 2.55. The third-order valence-electron chi connectivity index (χ3n) is 12.6. The Morgan fingerprint density at radius 2 is 0.882 bits per heavy atom. The molecule has 0 aliphatic carbocycles. The van der Waals surface area contributed by atoms with Crippen molar-refractivity contribution in [1.29, 1.82) is 0 Å². The van der Waals surface area contributed by atoms with Crippen molar-refractivity contribution in [2.75, 3.05) is 26.4 Å². The summed E-state index contributed by atoms with van der Waals surface area (Å²) in [6.07, 6.45) is 25.9. The standard InChI is InChI=1S/C53H94O15/c1-3-5-7-9-11-13-15-17-19-20-22-23-25-27-29-31-33-35-44(55)63-38-41(66-45(56)36-34-32-30-28-26-24-21-18-16-14-12-10-8-6-4-2)39-64-52-51(62)49(60)47(58)43(68-52)40-65-53-50(61)48(59)46(57)42(37-54)67-53/h13-16,18,21,41-43,46-54,57-62H,3-12,17,19-20,22-40H2,1-2H3/b15-13+,16-14+,21-18+/t41-,42+,43+,46-,47-,48?,49?,50?,51?,52+,53+/m0/s1. The monoisotopic (exact) mass is 971 g/mol. The van der Waals surface area contributed by atoms with Crippen molar-refractivity contribution >= 4 is 11.9 Å². The number of carbonyl (C=O) groups excluding carboxylic acids is 2. The van der Waals surface area contributed by atoms with E-state index in [0.29, 0.717) is 12.8 Å². The molecule has 0 aromatic carbocycles. The fourth-order valence-electron chi connectivity index (χ4n) is 8.20. The number of unbranched alkanes of at least 4 members (excludes halogenated alkanes) is 22. The van der Waals surface area contributed by atoms with Crippen molar-refractivity contribution in [2.24, 2.45) is 0 Å². The molecule has 4 unspecified atom stereocenters. The van der Waals surface area contributed by atoms with E-state index in [4.69, 9.17) is 28.4 Å². The third kappa shape index (κ3) is 27.9. The summed E-state index contributed by atoms with van der Waals surface area (Å²) in [5.74, 6) is -0.942. The van der Waals surface area contributed by atoms with Crippen molar-refractivity contribution in [1.82, 2.24) is 0 Å². The summed E-state index contributed by atoms with van der Waals surface area (Å²) in [5.41, 5.74) is 0. The molecule has 11 atom stereocenters. The number of esters is 2. The Hall–Kier alpha value is -2.28. The Bertz CT molecular complexity index is 1330. The molecular formula is C53H94O15. The number of allylic oxidation sites excluding steroid dienone is 6. The van der Waals surface area contributed by atoms with Crippen LogP contribution in [0, 0.1) is 0 Å². The van der Waals surface area contributed by atoms with Gasteiger partial charge in [-0.05, 0) is 64.2 Å². The number of rotatable bonds is 41. The van der Waals surface area contributed by atoms with Crippen LogP contribution in [0.25, 0.3) is 0 Å². The summed E-state index contributed by atoms with van der Waals surface area (Å²) in [4.78, 5) is 25.8. The zero-order chi connectivity index (χ0) is 49.6. The van der Waals surface area contributed by atoms with E-state index in [1.807, 2.05) is 0 Å². The molecule has 68 heavy (non-hydrogen) atoms. The first kappa shape index (κ1) is 61.8. The normalized spacial score (nSPS) is 26.0. The fourth-order valence-corrected chi connectivity index (χ4v) is 8.20. The minimum atomic E-state index is -1.77. The van der Waals surface area contributed by atoms with Gasteiger partial charge in [0.2, 0.25) is 0 Å². The van der Waals surface area contributed by atoms with E-state index in [0.717, 1.165) is 57.8 Å². The van der Waals surface area contributed by atoms with E-state index in [1.165, 1.54) is 96.3 Å². The Morgan fingerprint density at radius 3 is 1.38 bits per heavy atom. The fraction of sp³-hybridized carbons (Fsp3) is 0.849. The maximum absolute atomic E-state index is 13.0. The second-order valence-electron chi connectivity index (χ2n) is 18.7. The van der Waals surface area contributed by atoms with Gasteiger partial charge in [-0.25, -0.2) is 0 Å². The number of aliphatic hydroxyl groups excluding tert-OH is 7. The number of aliphatic hydroxyl groups is 7. The van der Waals surface area contributed by atoms with E-state index in [2.05, 4.69) is 50.3 Å². The molecule has 2 heterocycles. The van der Waals surface area contributed by atoms with E-state index in [1.54, 1.807) is 0 Å². The summed E-state index contributed by atoms with van der Waals surface area (Å²) in [5, 5.41) is 72.1. The van der Waals surface area contributed by atoms with Gasteiger partial charge >= 0.3 is 11.9 Å². The zero-order valence-corrected chi connectivity index (χ0v) is 41.8. The lowest BCUT2D eigenvalue weighted by atomic mass is 9.98. The second-order valence-corrected chi connectivity index (χ2v) is 18.7. The molecule has 7 N–H and O–H groups in total. The van der Waals surface area contributed by atoms with Crippen molar-refractivity contribution < 1.29 is 73.8 Å². The Kier molecular flexibility index (Phi) is 36.7. The SMILES string of the molecule is CCCCCC/C=C/C=C/CCCCCCCC(=O)O[C@@H](COC(=O)CCCCCCCCCCC/C=C/CCCCCC)CO[C@@H]1O[C@H](CO[C@@H]2O[C@H](CO)[C@H](O)C(O)C2O)[C@H](O)C(O)C1O. The lowest BCUT2D eigenvalue weighted by molar-refractivity contribution is -0.332. The molecule has 2 aliphatic heterocycles. The van der Waals surface area contributed by atoms with Crippen molar-refractivity contribution in [3.63, 3.8) is 0 Å². The van der Waals surface area contributed by atoms with Gasteiger partial charge in [0.15, 0.2) is 18.7 Å². The van der Waals surface area contributed by atoms with Gasteiger partial charge in [-0.1, -0.05) is 153 Å². The minimum absolute atomic E-state index is 0.148. The maximum Gasteiger partial charge on any atom is 0.306 e. The molecule has 0 spiro atoms. The molecule has 0 saturated carbocycles. The van der Waals surface area contributed by atoms with Crippen LogP contribution in [0.4, 0.5) is 0 Å². The van der Waals surface area contributed by atoms with E-state index < -0.39 is 92.7 Å². The largest absolute Gasteiger partial charge is 0.462 e. The summed E-state index contributed by atoms with van der Waals surface area (Å²) < 4.78 is 33.6. The molecule has 0 radical (unpaired) electrons. The predicted octanol–water partition coefficient (Wildman–Crippen LogP) is 7.71. The highest BCUT2D eigenvalue weighted by Crippen LogP contribution is 2.26. The van der Waals surface area contributed by atoms with Gasteiger partial charge in [0.1, 0.15) is 55.4 Å². The quantitative estimate of drug-likeness (QED) is 0.0135. The smallest absolute Gasteiger partial charge is 0.306 e. The molecule has 2 fully saturated rings.